The van der Waals surface area contributed by atoms with Gasteiger partial charge in [0.2, 0.25) is 11.8 Å². The summed E-state index contributed by atoms with van der Waals surface area (Å²) < 4.78 is 5.84. The molecule has 0 fully saturated rings. The molecule has 7 heteroatoms. The molecule has 2 rings (SSSR count). The third-order valence-corrected chi connectivity index (χ3v) is 4.38. The summed E-state index contributed by atoms with van der Waals surface area (Å²) in [4.78, 5) is 24.8. The van der Waals surface area contributed by atoms with E-state index in [-0.39, 0.29) is 18.4 Å². The molecule has 0 unspecified atom stereocenters. The van der Waals surface area contributed by atoms with Crippen molar-refractivity contribution in [2.24, 2.45) is 0 Å². The highest BCUT2D eigenvalue weighted by molar-refractivity contribution is 5.81. The molecule has 150 valence electrons. The fraction of sp³-hybridized carbons (Fsp3) is 0.333. The van der Waals surface area contributed by atoms with E-state index in [1.54, 1.807) is 31.5 Å². The summed E-state index contributed by atoms with van der Waals surface area (Å²) in [6.45, 7) is 0. The van der Waals surface area contributed by atoms with Crippen LogP contribution in [0, 0.1) is 0 Å². The van der Waals surface area contributed by atoms with Crippen LogP contribution in [-0.4, -0.2) is 49.1 Å². The van der Waals surface area contributed by atoms with Crippen LogP contribution in [0.5, 0.6) is 11.5 Å². The topological polar surface area (TPSA) is 90.9 Å². The summed E-state index contributed by atoms with van der Waals surface area (Å²) in [5.41, 5.74) is 3.64. The second-order valence-electron chi connectivity index (χ2n) is 6.70. The minimum absolute atomic E-state index is 0.0411. The van der Waals surface area contributed by atoms with Crippen LogP contribution in [0.4, 0.5) is 0 Å². The molecule has 2 aromatic rings. The Labute approximate surface area is 165 Å². The van der Waals surface area contributed by atoms with E-state index in [0.717, 1.165) is 11.1 Å². The number of rotatable bonds is 9. The maximum absolute atomic E-state index is 12.1. The number of aryl methyl sites for hydroxylation is 1. The van der Waals surface area contributed by atoms with Gasteiger partial charge < -0.3 is 15.0 Å². The van der Waals surface area contributed by atoms with Crippen LogP contribution in [0.3, 0.4) is 0 Å². The molecule has 3 N–H and O–H groups in total. The lowest BCUT2D eigenvalue weighted by atomic mass is 10.0. The average molecular weight is 385 g/mol. The zero-order valence-electron chi connectivity index (χ0n) is 16.4. The number of hydrogen-bond acceptors (Lipinski definition) is 5. The van der Waals surface area contributed by atoms with E-state index in [9.17, 15) is 9.59 Å². The molecule has 0 aliphatic heterocycles. The zero-order chi connectivity index (χ0) is 20.5. The van der Waals surface area contributed by atoms with Crippen molar-refractivity contribution in [3.8, 4) is 11.5 Å². The number of carbonyl (C=O) groups is 2. The van der Waals surface area contributed by atoms with Crippen molar-refractivity contribution < 1.29 is 19.5 Å². The Kier molecular flexibility index (Phi) is 7.98. The summed E-state index contributed by atoms with van der Waals surface area (Å²) >= 11 is 0. The summed E-state index contributed by atoms with van der Waals surface area (Å²) in [5, 5.41) is 11.6. The predicted molar refractivity (Wildman–Crippen MR) is 106 cm³/mol. The van der Waals surface area contributed by atoms with Gasteiger partial charge in [-0.15, -0.1) is 0 Å². The van der Waals surface area contributed by atoms with E-state index < -0.39 is 5.91 Å². The van der Waals surface area contributed by atoms with Crippen LogP contribution in [0.2, 0.25) is 0 Å². The van der Waals surface area contributed by atoms with Gasteiger partial charge in [-0.05, 0) is 55.3 Å². The second kappa shape index (κ2) is 10.4. The van der Waals surface area contributed by atoms with Crippen LogP contribution < -0.4 is 15.5 Å². The number of carbonyl (C=O) groups excluding carboxylic acids is 2. The number of nitrogens with zero attached hydrogens (tertiary/aromatic N) is 1. The molecule has 0 aliphatic carbocycles. The van der Waals surface area contributed by atoms with Gasteiger partial charge in [0.25, 0.3) is 0 Å². The Morgan fingerprint density at radius 3 is 2.00 bits per heavy atom. The number of amides is 2. The number of ether oxygens (including phenoxy) is 1. The van der Waals surface area contributed by atoms with Crippen LogP contribution >= 0.6 is 0 Å². The van der Waals surface area contributed by atoms with E-state index in [4.69, 9.17) is 9.94 Å². The van der Waals surface area contributed by atoms with Crippen LogP contribution in [0.15, 0.2) is 48.5 Å². The van der Waals surface area contributed by atoms with Gasteiger partial charge >= 0.3 is 0 Å². The van der Waals surface area contributed by atoms with Gasteiger partial charge in [0.15, 0.2) is 0 Å². The first-order chi connectivity index (χ1) is 13.4. The lowest BCUT2D eigenvalue weighted by Crippen LogP contribution is -2.43. The van der Waals surface area contributed by atoms with Gasteiger partial charge in [0, 0.05) is 20.5 Å². The van der Waals surface area contributed by atoms with Crippen LogP contribution in [0.1, 0.15) is 17.5 Å². The Morgan fingerprint density at radius 2 is 1.54 bits per heavy atom. The largest absolute Gasteiger partial charge is 0.457 e. The van der Waals surface area contributed by atoms with Crippen molar-refractivity contribution in [1.29, 1.82) is 0 Å². The molecule has 0 radical (unpaired) electrons. The van der Waals surface area contributed by atoms with Crippen LogP contribution in [-0.2, 0) is 22.4 Å². The first kappa shape index (κ1) is 21.4. The number of nitrogens with one attached hydrogen (secondary N) is 2. The summed E-state index contributed by atoms with van der Waals surface area (Å²) in [7, 11) is 5.27. The van der Waals surface area contributed by atoms with Gasteiger partial charge in [-0.25, -0.2) is 5.48 Å². The monoisotopic (exact) mass is 385 g/mol. The van der Waals surface area contributed by atoms with Crippen LogP contribution in [0.25, 0.3) is 0 Å². The first-order valence-corrected chi connectivity index (χ1v) is 9.10. The Balaban J connectivity index is 1.93. The second-order valence-corrected chi connectivity index (χ2v) is 6.70. The zero-order valence-corrected chi connectivity index (χ0v) is 16.4. The maximum atomic E-state index is 12.1. The average Bonchev–Trinajstić information content (AvgIpc) is 2.71. The van der Waals surface area contributed by atoms with Crippen molar-refractivity contribution in [3.05, 3.63) is 59.7 Å². The normalized spacial score (nSPS) is 11.6. The fourth-order valence-electron chi connectivity index (χ4n) is 2.73. The van der Waals surface area contributed by atoms with Crippen molar-refractivity contribution in [2.75, 3.05) is 21.1 Å². The SMILES string of the molecule is CN[C@@H](Cc1ccc(Oc2ccc(CCC(=O)NO)cc2)cc1)C(=O)N(C)C. The Hall–Kier alpha value is -2.90. The predicted octanol–water partition coefficient (Wildman–Crippen LogP) is 2.14. The van der Waals surface area contributed by atoms with Gasteiger partial charge in [-0.3, -0.25) is 14.8 Å². The highest BCUT2D eigenvalue weighted by atomic mass is 16.5. The molecule has 0 spiro atoms. The molecule has 0 heterocycles. The van der Waals surface area contributed by atoms with E-state index in [2.05, 4.69) is 5.32 Å². The van der Waals surface area contributed by atoms with Gasteiger partial charge in [-0.2, -0.15) is 0 Å². The molecule has 28 heavy (non-hydrogen) atoms. The third kappa shape index (κ3) is 6.37. The summed E-state index contributed by atoms with van der Waals surface area (Å²) in [6, 6.07) is 14.8. The molecule has 0 saturated carbocycles. The molecule has 2 aromatic carbocycles. The highest BCUT2D eigenvalue weighted by Gasteiger charge is 2.18. The minimum atomic E-state index is -0.409. The van der Waals surface area contributed by atoms with Crippen molar-refractivity contribution in [2.45, 2.75) is 25.3 Å². The molecule has 0 saturated heterocycles. The molecule has 0 bridgehead atoms. The summed E-state index contributed by atoms with van der Waals surface area (Å²) in [5.74, 6) is 1.03. The number of benzene rings is 2. The standard InChI is InChI=1S/C21H27N3O4/c1-22-19(21(26)24(2)3)14-16-6-11-18(12-7-16)28-17-9-4-15(5-10-17)8-13-20(25)23-27/h4-7,9-12,19,22,27H,8,13-14H2,1-3H3,(H,23,25)/t19-/m0/s1. The molecule has 1 atom stereocenters. The van der Waals surface area contributed by atoms with E-state index in [0.29, 0.717) is 24.3 Å². The Bertz CT molecular complexity index is 773. The minimum Gasteiger partial charge on any atom is -0.457 e. The molecule has 2 amide bonds. The molecular formula is C21H27N3O4. The van der Waals surface area contributed by atoms with Gasteiger partial charge in [0.1, 0.15) is 11.5 Å². The third-order valence-electron chi connectivity index (χ3n) is 4.38. The fourth-order valence-corrected chi connectivity index (χ4v) is 2.73. The lowest BCUT2D eigenvalue weighted by molar-refractivity contribution is -0.131. The molecule has 7 nitrogen and oxygen atoms in total. The number of hydrogen-bond donors (Lipinski definition) is 3. The van der Waals surface area contributed by atoms with E-state index >= 15 is 0 Å². The lowest BCUT2D eigenvalue weighted by Gasteiger charge is -2.20. The Morgan fingerprint density at radius 1 is 1.00 bits per heavy atom. The van der Waals surface area contributed by atoms with Crippen molar-refractivity contribution in [3.63, 3.8) is 0 Å². The van der Waals surface area contributed by atoms with E-state index in [1.807, 2.05) is 48.5 Å². The molecule has 0 aliphatic rings. The summed E-state index contributed by atoms with van der Waals surface area (Å²) in [6.07, 6.45) is 1.37. The van der Waals surface area contributed by atoms with Crippen molar-refractivity contribution in [1.82, 2.24) is 15.7 Å². The quantitative estimate of drug-likeness (QED) is 0.454. The number of hydroxylamine groups is 1. The smallest absolute Gasteiger partial charge is 0.243 e. The number of likely N-dealkylation sites (N-methyl/N-ethyl adjacent to an activating group) is 2. The first-order valence-electron chi connectivity index (χ1n) is 9.10. The van der Waals surface area contributed by atoms with Gasteiger partial charge in [0.05, 0.1) is 6.04 Å². The molecule has 0 aromatic heterocycles. The van der Waals surface area contributed by atoms with Crippen molar-refractivity contribution >= 4 is 11.8 Å². The van der Waals surface area contributed by atoms with Gasteiger partial charge in [-0.1, -0.05) is 24.3 Å². The molecular weight excluding hydrogens is 358 g/mol. The maximum Gasteiger partial charge on any atom is 0.243 e. The van der Waals surface area contributed by atoms with E-state index in [1.165, 1.54) is 0 Å². The highest BCUT2D eigenvalue weighted by Crippen LogP contribution is 2.23.